The van der Waals surface area contributed by atoms with Crippen LogP contribution in [0.4, 0.5) is 16.2 Å². The van der Waals surface area contributed by atoms with Crippen molar-refractivity contribution in [3.8, 4) is 0 Å². The maximum atomic E-state index is 12.3. The van der Waals surface area contributed by atoms with E-state index < -0.39 is 0 Å². The van der Waals surface area contributed by atoms with Gasteiger partial charge in [-0.1, -0.05) is 11.6 Å². The number of benzene rings is 1. The molecule has 3 N–H and O–H groups in total. The van der Waals surface area contributed by atoms with Crippen molar-refractivity contribution in [2.75, 3.05) is 10.6 Å². The Balaban J connectivity index is 1.55. The molecule has 5 nitrogen and oxygen atoms in total. The van der Waals surface area contributed by atoms with E-state index in [1.807, 2.05) is 13.0 Å². The molecule has 0 radical (unpaired) electrons. The highest BCUT2D eigenvalue weighted by molar-refractivity contribution is 7.16. The first kappa shape index (κ1) is 16.8. The zero-order valence-electron chi connectivity index (χ0n) is 13.1. The maximum Gasteiger partial charge on any atom is 0.319 e. The SMILES string of the molecule is C[C@H](C(=O)Nc1ccc(NC(=O)NC2CC2)cc1)c1ccc(Cl)s1. The Morgan fingerprint density at radius 2 is 1.71 bits per heavy atom. The number of hydrogen-bond donors (Lipinski definition) is 3. The molecule has 1 aliphatic rings. The molecule has 0 unspecified atom stereocenters. The molecule has 24 heavy (non-hydrogen) atoms. The van der Waals surface area contributed by atoms with Gasteiger partial charge in [0.15, 0.2) is 0 Å². The molecule has 1 heterocycles. The average molecular weight is 364 g/mol. The average Bonchev–Trinajstić information content (AvgIpc) is 3.26. The van der Waals surface area contributed by atoms with Crippen molar-refractivity contribution in [2.24, 2.45) is 0 Å². The number of hydrogen-bond acceptors (Lipinski definition) is 3. The number of urea groups is 1. The van der Waals surface area contributed by atoms with Gasteiger partial charge in [-0.15, -0.1) is 11.3 Å². The first-order chi connectivity index (χ1) is 11.5. The van der Waals surface area contributed by atoms with Gasteiger partial charge < -0.3 is 16.0 Å². The standard InChI is InChI=1S/C17H18ClN3O2S/c1-10(14-8-9-15(18)24-14)16(22)19-11-2-4-12(5-3-11)20-17(23)21-13-6-7-13/h2-5,8-10,13H,6-7H2,1H3,(H,19,22)(H2,20,21,23)/t10-/m0/s1. The second-order valence-corrected chi connectivity index (χ2v) is 7.55. The minimum Gasteiger partial charge on any atom is -0.335 e. The normalized spacial score (nSPS) is 14.8. The second kappa shape index (κ2) is 7.23. The van der Waals surface area contributed by atoms with E-state index in [1.165, 1.54) is 11.3 Å². The number of rotatable bonds is 5. The molecule has 1 aliphatic carbocycles. The predicted molar refractivity (Wildman–Crippen MR) is 98.0 cm³/mol. The maximum absolute atomic E-state index is 12.3. The van der Waals surface area contributed by atoms with Crippen LogP contribution in [0.5, 0.6) is 0 Å². The summed E-state index contributed by atoms with van der Waals surface area (Å²) in [6.07, 6.45) is 2.10. The van der Waals surface area contributed by atoms with E-state index in [2.05, 4.69) is 16.0 Å². The summed E-state index contributed by atoms with van der Waals surface area (Å²) in [6, 6.07) is 10.8. The Labute approximate surface area is 149 Å². The van der Waals surface area contributed by atoms with Crippen LogP contribution in [0.2, 0.25) is 4.34 Å². The van der Waals surface area contributed by atoms with E-state index in [4.69, 9.17) is 11.6 Å². The third kappa shape index (κ3) is 4.49. The summed E-state index contributed by atoms with van der Waals surface area (Å²) in [4.78, 5) is 24.9. The van der Waals surface area contributed by atoms with E-state index in [-0.39, 0.29) is 17.9 Å². The lowest BCUT2D eigenvalue weighted by Crippen LogP contribution is -2.30. The third-order valence-electron chi connectivity index (χ3n) is 3.74. The van der Waals surface area contributed by atoms with Gasteiger partial charge in [0.05, 0.1) is 10.3 Å². The van der Waals surface area contributed by atoms with Gasteiger partial charge in [0, 0.05) is 22.3 Å². The molecule has 0 bridgehead atoms. The van der Waals surface area contributed by atoms with E-state index in [0.717, 1.165) is 17.7 Å². The number of amides is 3. The van der Waals surface area contributed by atoms with E-state index >= 15 is 0 Å². The number of carbonyl (C=O) groups excluding carboxylic acids is 2. The van der Waals surface area contributed by atoms with Crippen LogP contribution in [0, 0.1) is 0 Å². The summed E-state index contributed by atoms with van der Waals surface area (Å²) >= 11 is 7.31. The van der Waals surface area contributed by atoms with Gasteiger partial charge in [-0.05, 0) is 56.2 Å². The summed E-state index contributed by atoms with van der Waals surface area (Å²) in [7, 11) is 0. The first-order valence-corrected chi connectivity index (χ1v) is 8.94. The van der Waals surface area contributed by atoms with Crippen molar-refractivity contribution in [3.05, 3.63) is 45.6 Å². The Hall–Kier alpha value is -2.05. The van der Waals surface area contributed by atoms with Crippen molar-refractivity contribution in [1.82, 2.24) is 5.32 Å². The Morgan fingerprint density at radius 1 is 1.08 bits per heavy atom. The molecule has 1 saturated carbocycles. The lowest BCUT2D eigenvalue weighted by molar-refractivity contribution is -0.117. The lowest BCUT2D eigenvalue weighted by Gasteiger charge is -2.11. The number of anilines is 2. The minimum atomic E-state index is -0.273. The van der Waals surface area contributed by atoms with Gasteiger partial charge in [-0.3, -0.25) is 4.79 Å². The van der Waals surface area contributed by atoms with Crippen molar-refractivity contribution in [2.45, 2.75) is 31.7 Å². The highest BCUT2D eigenvalue weighted by atomic mass is 35.5. The Kier molecular flexibility index (Phi) is 5.06. The van der Waals surface area contributed by atoms with Crippen LogP contribution in [-0.4, -0.2) is 18.0 Å². The molecule has 0 saturated heterocycles. The van der Waals surface area contributed by atoms with Gasteiger partial charge in [0.25, 0.3) is 0 Å². The topological polar surface area (TPSA) is 70.2 Å². The van der Waals surface area contributed by atoms with Crippen LogP contribution in [0.3, 0.4) is 0 Å². The molecular weight excluding hydrogens is 346 g/mol. The van der Waals surface area contributed by atoms with Crippen LogP contribution < -0.4 is 16.0 Å². The number of nitrogens with one attached hydrogen (secondary N) is 3. The fourth-order valence-corrected chi connectivity index (χ4v) is 3.27. The van der Waals surface area contributed by atoms with Gasteiger partial charge in [-0.25, -0.2) is 4.79 Å². The highest BCUT2D eigenvalue weighted by Crippen LogP contribution is 2.29. The Bertz CT molecular complexity index is 741. The third-order valence-corrected chi connectivity index (χ3v) is 5.15. The monoisotopic (exact) mass is 363 g/mol. The zero-order chi connectivity index (χ0) is 17.1. The van der Waals surface area contributed by atoms with Gasteiger partial charge in [0.2, 0.25) is 5.91 Å². The molecule has 1 fully saturated rings. The molecule has 0 aliphatic heterocycles. The largest absolute Gasteiger partial charge is 0.335 e. The summed E-state index contributed by atoms with van der Waals surface area (Å²) in [6.45, 7) is 1.84. The zero-order valence-corrected chi connectivity index (χ0v) is 14.7. The highest BCUT2D eigenvalue weighted by Gasteiger charge is 2.23. The van der Waals surface area contributed by atoms with Crippen molar-refractivity contribution < 1.29 is 9.59 Å². The number of carbonyl (C=O) groups is 2. The summed E-state index contributed by atoms with van der Waals surface area (Å²) < 4.78 is 0.671. The second-order valence-electron chi connectivity index (χ2n) is 5.80. The van der Waals surface area contributed by atoms with Crippen molar-refractivity contribution in [3.63, 3.8) is 0 Å². The van der Waals surface area contributed by atoms with Crippen LogP contribution in [-0.2, 0) is 4.79 Å². The Morgan fingerprint density at radius 3 is 2.25 bits per heavy atom. The van der Waals surface area contributed by atoms with E-state index in [1.54, 1.807) is 30.3 Å². The predicted octanol–water partition coefficient (Wildman–Crippen LogP) is 4.43. The molecule has 7 heteroatoms. The minimum absolute atomic E-state index is 0.0966. The van der Waals surface area contributed by atoms with Crippen molar-refractivity contribution in [1.29, 1.82) is 0 Å². The number of thiophene rings is 1. The lowest BCUT2D eigenvalue weighted by atomic mass is 10.1. The molecule has 0 spiro atoms. The molecule has 1 atom stereocenters. The summed E-state index contributed by atoms with van der Waals surface area (Å²) in [5.41, 5.74) is 1.37. The number of halogens is 1. The fourth-order valence-electron chi connectivity index (χ4n) is 2.16. The van der Waals surface area contributed by atoms with Gasteiger partial charge >= 0.3 is 6.03 Å². The molecule has 1 aromatic carbocycles. The summed E-state index contributed by atoms with van der Waals surface area (Å²) in [5, 5.41) is 8.49. The van der Waals surface area contributed by atoms with E-state index in [9.17, 15) is 9.59 Å². The molecule has 2 aromatic rings. The molecular formula is C17H18ClN3O2S. The molecule has 1 aromatic heterocycles. The molecule has 3 rings (SSSR count). The van der Waals surface area contributed by atoms with E-state index in [0.29, 0.717) is 21.8 Å². The van der Waals surface area contributed by atoms with Crippen LogP contribution in [0.1, 0.15) is 30.6 Å². The summed E-state index contributed by atoms with van der Waals surface area (Å²) in [5.74, 6) is -0.370. The van der Waals surface area contributed by atoms with Crippen LogP contribution in [0.15, 0.2) is 36.4 Å². The molecule has 126 valence electrons. The van der Waals surface area contributed by atoms with Crippen LogP contribution in [0.25, 0.3) is 0 Å². The molecule has 3 amide bonds. The smallest absolute Gasteiger partial charge is 0.319 e. The van der Waals surface area contributed by atoms with Gasteiger partial charge in [0.1, 0.15) is 0 Å². The first-order valence-electron chi connectivity index (χ1n) is 7.75. The quantitative estimate of drug-likeness (QED) is 0.735. The fraction of sp³-hybridized carbons (Fsp3) is 0.294. The van der Waals surface area contributed by atoms with Crippen LogP contribution >= 0.6 is 22.9 Å². The van der Waals surface area contributed by atoms with Gasteiger partial charge in [-0.2, -0.15) is 0 Å². The van der Waals surface area contributed by atoms with Crippen molar-refractivity contribution >= 4 is 46.3 Å².